The van der Waals surface area contributed by atoms with Gasteiger partial charge in [0.05, 0.1) is 5.52 Å². The lowest BCUT2D eigenvalue weighted by molar-refractivity contribution is 0.479. The van der Waals surface area contributed by atoms with Gasteiger partial charge in [-0.15, -0.1) is 0 Å². The van der Waals surface area contributed by atoms with Gasteiger partial charge in [0.1, 0.15) is 5.75 Å². The van der Waals surface area contributed by atoms with Crippen molar-refractivity contribution < 1.29 is 5.11 Å². The van der Waals surface area contributed by atoms with Gasteiger partial charge in [-0.3, -0.25) is 4.79 Å². The lowest BCUT2D eigenvalue weighted by Crippen LogP contribution is -2.13. The van der Waals surface area contributed by atoms with E-state index in [4.69, 9.17) is 0 Å². The molecule has 16 heavy (non-hydrogen) atoms. The van der Waals surface area contributed by atoms with E-state index in [-0.39, 0.29) is 16.7 Å². The second-order valence-electron chi connectivity index (χ2n) is 4.99. The van der Waals surface area contributed by atoms with Gasteiger partial charge >= 0.3 is 0 Å². The van der Waals surface area contributed by atoms with Gasteiger partial charge in [-0.1, -0.05) is 26.8 Å². The van der Waals surface area contributed by atoms with Crippen LogP contribution in [0.1, 0.15) is 26.3 Å². The zero-order valence-electron chi connectivity index (χ0n) is 9.66. The van der Waals surface area contributed by atoms with E-state index < -0.39 is 0 Å². The largest absolute Gasteiger partial charge is 0.506 e. The fourth-order valence-corrected chi connectivity index (χ4v) is 1.89. The Morgan fingerprint density at radius 1 is 1.12 bits per heavy atom. The molecule has 0 bridgehead atoms. The molecule has 0 unspecified atom stereocenters. The van der Waals surface area contributed by atoms with Crippen LogP contribution in [0, 0.1) is 0 Å². The zero-order valence-corrected chi connectivity index (χ0v) is 9.66. The Balaban J connectivity index is 2.90. The van der Waals surface area contributed by atoms with Crippen molar-refractivity contribution in [2.45, 2.75) is 26.2 Å². The Kier molecular flexibility index (Phi) is 2.26. The van der Waals surface area contributed by atoms with E-state index in [0.717, 1.165) is 10.9 Å². The molecule has 1 heterocycles. The van der Waals surface area contributed by atoms with Gasteiger partial charge in [-0.05, 0) is 23.1 Å². The smallest absolute Gasteiger partial charge is 0.248 e. The van der Waals surface area contributed by atoms with Crippen LogP contribution < -0.4 is 5.56 Å². The molecule has 0 aliphatic carbocycles. The first-order valence-electron chi connectivity index (χ1n) is 5.25. The van der Waals surface area contributed by atoms with Crippen LogP contribution in [0.15, 0.2) is 29.1 Å². The summed E-state index contributed by atoms with van der Waals surface area (Å²) in [5.41, 5.74) is 1.40. The van der Waals surface area contributed by atoms with Gasteiger partial charge < -0.3 is 10.1 Å². The predicted molar refractivity (Wildman–Crippen MR) is 64.9 cm³/mol. The molecular formula is C13H15NO2. The van der Waals surface area contributed by atoms with Crippen molar-refractivity contribution >= 4 is 10.9 Å². The van der Waals surface area contributed by atoms with Crippen LogP contribution in [-0.2, 0) is 5.41 Å². The first kappa shape index (κ1) is 10.7. The Labute approximate surface area is 93.7 Å². The summed E-state index contributed by atoms with van der Waals surface area (Å²) in [6, 6.07) is 6.76. The number of nitrogens with one attached hydrogen (secondary N) is 1. The van der Waals surface area contributed by atoms with Crippen LogP contribution in [0.2, 0.25) is 0 Å². The fraction of sp³-hybridized carbons (Fsp3) is 0.308. The van der Waals surface area contributed by atoms with Crippen LogP contribution in [0.25, 0.3) is 10.9 Å². The van der Waals surface area contributed by atoms with Crippen LogP contribution >= 0.6 is 0 Å². The monoisotopic (exact) mass is 217 g/mol. The summed E-state index contributed by atoms with van der Waals surface area (Å²) in [7, 11) is 0. The zero-order chi connectivity index (χ0) is 11.9. The third kappa shape index (κ3) is 1.69. The molecule has 2 aromatic rings. The lowest BCUT2D eigenvalue weighted by atomic mass is 9.84. The van der Waals surface area contributed by atoms with E-state index in [9.17, 15) is 9.90 Å². The Bertz CT molecular complexity index is 591. The van der Waals surface area contributed by atoms with Crippen LogP contribution in [0.5, 0.6) is 5.75 Å². The molecule has 84 valence electrons. The minimum Gasteiger partial charge on any atom is -0.506 e. The van der Waals surface area contributed by atoms with Gasteiger partial charge in [0.2, 0.25) is 5.56 Å². The van der Waals surface area contributed by atoms with Crippen LogP contribution in [0.3, 0.4) is 0 Å². The molecule has 0 amide bonds. The molecule has 0 fully saturated rings. The number of aromatic hydroxyl groups is 1. The highest BCUT2D eigenvalue weighted by Crippen LogP contribution is 2.32. The average molecular weight is 217 g/mol. The number of pyridine rings is 1. The minimum absolute atomic E-state index is 0.0236. The topological polar surface area (TPSA) is 53.1 Å². The summed E-state index contributed by atoms with van der Waals surface area (Å²) in [5, 5.41) is 10.6. The number of hydrogen-bond donors (Lipinski definition) is 2. The highest BCUT2D eigenvalue weighted by atomic mass is 16.3. The molecule has 1 aromatic heterocycles. The van der Waals surface area contributed by atoms with Gasteiger partial charge in [0, 0.05) is 11.5 Å². The molecule has 1 aromatic carbocycles. The maximum Gasteiger partial charge on any atom is 0.248 e. The Morgan fingerprint density at radius 3 is 2.44 bits per heavy atom. The van der Waals surface area contributed by atoms with Crippen molar-refractivity contribution in [3.05, 3.63) is 40.2 Å². The number of rotatable bonds is 0. The number of benzene rings is 1. The number of phenols is 1. The molecule has 2 N–H and O–H groups in total. The van der Waals surface area contributed by atoms with Crippen molar-refractivity contribution in [2.24, 2.45) is 0 Å². The number of hydrogen-bond acceptors (Lipinski definition) is 2. The first-order chi connectivity index (χ1) is 7.39. The molecule has 0 aliphatic heterocycles. The average Bonchev–Trinajstić information content (AvgIpc) is 2.17. The van der Waals surface area contributed by atoms with Crippen molar-refractivity contribution in [3.63, 3.8) is 0 Å². The number of phenolic OH excluding ortho intramolecular Hbond substituents is 1. The highest BCUT2D eigenvalue weighted by Gasteiger charge is 2.18. The third-order valence-electron chi connectivity index (χ3n) is 2.68. The van der Waals surface area contributed by atoms with E-state index in [2.05, 4.69) is 25.8 Å². The summed E-state index contributed by atoms with van der Waals surface area (Å²) in [4.78, 5) is 13.9. The molecular weight excluding hydrogens is 202 g/mol. The second kappa shape index (κ2) is 3.37. The summed E-state index contributed by atoms with van der Waals surface area (Å²) in [6.07, 6.45) is 0. The van der Waals surface area contributed by atoms with Crippen molar-refractivity contribution in [1.82, 2.24) is 4.98 Å². The first-order valence-corrected chi connectivity index (χ1v) is 5.25. The molecule has 0 spiro atoms. The van der Waals surface area contributed by atoms with Crippen molar-refractivity contribution in [1.29, 1.82) is 0 Å². The van der Waals surface area contributed by atoms with Gasteiger partial charge in [-0.2, -0.15) is 0 Å². The Morgan fingerprint density at radius 2 is 1.81 bits per heavy atom. The van der Waals surface area contributed by atoms with Gasteiger partial charge in [-0.25, -0.2) is 0 Å². The lowest BCUT2D eigenvalue weighted by Gasteiger charge is -2.21. The molecule has 0 radical (unpaired) electrons. The van der Waals surface area contributed by atoms with E-state index in [0.29, 0.717) is 5.52 Å². The van der Waals surface area contributed by atoms with Crippen molar-refractivity contribution in [2.75, 3.05) is 0 Å². The molecule has 2 rings (SSSR count). The molecule has 0 saturated heterocycles. The maximum atomic E-state index is 11.2. The minimum atomic E-state index is -0.200. The number of aromatic amines is 1. The van der Waals surface area contributed by atoms with Gasteiger partial charge in [0.25, 0.3) is 0 Å². The molecule has 0 aliphatic rings. The van der Waals surface area contributed by atoms with E-state index in [1.165, 1.54) is 6.07 Å². The standard InChI is InChI=1S/C13H15NO2/c1-13(2,3)9-5-6-10(15)12-8(9)4-7-11(16)14-12/h4-7,15H,1-3H3,(H,14,16). The van der Waals surface area contributed by atoms with Gasteiger partial charge in [0.15, 0.2) is 0 Å². The van der Waals surface area contributed by atoms with E-state index in [1.807, 2.05) is 6.07 Å². The summed E-state index contributed by atoms with van der Waals surface area (Å²) in [5.74, 6) is 0.112. The second-order valence-corrected chi connectivity index (χ2v) is 4.99. The van der Waals surface area contributed by atoms with Crippen LogP contribution in [-0.4, -0.2) is 10.1 Å². The SMILES string of the molecule is CC(C)(C)c1ccc(O)c2[nH]c(=O)ccc12. The molecule has 3 heteroatoms. The maximum absolute atomic E-state index is 11.2. The third-order valence-corrected chi connectivity index (χ3v) is 2.68. The van der Waals surface area contributed by atoms with Crippen LogP contribution in [0.4, 0.5) is 0 Å². The number of aromatic nitrogens is 1. The normalized spacial score (nSPS) is 11.9. The summed E-state index contributed by atoms with van der Waals surface area (Å²) < 4.78 is 0. The molecule has 0 saturated carbocycles. The number of fused-ring (bicyclic) bond motifs is 1. The quantitative estimate of drug-likeness (QED) is 0.712. The fourth-order valence-electron chi connectivity index (χ4n) is 1.89. The molecule has 3 nitrogen and oxygen atoms in total. The highest BCUT2D eigenvalue weighted by molar-refractivity contribution is 5.87. The predicted octanol–water partition coefficient (Wildman–Crippen LogP) is 2.53. The van der Waals surface area contributed by atoms with E-state index in [1.54, 1.807) is 12.1 Å². The summed E-state index contributed by atoms with van der Waals surface area (Å²) in [6.45, 7) is 6.30. The Hall–Kier alpha value is -1.77. The van der Waals surface area contributed by atoms with E-state index >= 15 is 0 Å². The number of H-pyrrole nitrogens is 1. The van der Waals surface area contributed by atoms with Crippen molar-refractivity contribution in [3.8, 4) is 5.75 Å². The molecule has 0 atom stereocenters. The summed E-state index contributed by atoms with van der Waals surface area (Å²) >= 11 is 0.